The van der Waals surface area contributed by atoms with Gasteiger partial charge in [-0.1, -0.05) is 12.8 Å². The lowest BCUT2D eigenvalue weighted by atomic mass is 9.95. The van der Waals surface area contributed by atoms with Gasteiger partial charge in [-0.05, 0) is 19.8 Å². The Kier molecular flexibility index (Phi) is 3.69. The molecule has 13 heavy (non-hydrogen) atoms. The second-order valence-electron chi connectivity index (χ2n) is 3.51. The van der Waals surface area contributed by atoms with Crippen molar-refractivity contribution in [1.29, 1.82) is 0 Å². The summed E-state index contributed by atoms with van der Waals surface area (Å²) in [6, 6.07) is 0. The first kappa shape index (κ1) is 10.5. The van der Waals surface area contributed by atoms with Gasteiger partial charge in [0.15, 0.2) is 6.10 Å². The van der Waals surface area contributed by atoms with Crippen molar-refractivity contribution in [3.05, 3.63) is 0 Å². The van der Waals surface area contributed by atoms with Crippen molar-refractivity contribution in [2.45, 2.75) is 50.9 Å². The molecule has 1 fully saturated rings. The van der Waals surface area contributed by atoms with Crippen LogP contribution in [-0.2, 0) is 9.53 Å². The van der Waals surface area contributed by atoms with Crippen LogP contribution in [0.15, 0.2) is 0 Å². The number of hydrogen-bond donors (Lipinski definition) is 2. The number of carboxylic acids is 1. The van der Waals surface area contributed by atoms with Crippen LogP contribution in [0.5, 0.6) is 0 Å². The number of carboxylic acid groups (broad SMARTS) is 1. The summed E-state index contributed by atoms with van der Waals surface area (Å²) in [7, 11) is 0. The summed E-state index contributed by atoms with van der Waals surface area (Å²) in [6.07, 6.45) is 1.89. The average Bonchev–Trinajstić information content (AvgIpc) is 2.08. The molecule has 1 saturated carbocycles. The van der Waals surface area contributed by atoms with E-state index in [-0.39, 0.29) is 6.10 Å². The molecular weight excluding hydrogens is 172 g/mol. The fraction of sp³-hybridized carbons (Fsp3) is 0.889. The molecule has 0 bridgehead atoms. The summed E-state index contributed by atoms with van der Waals surface area (Å²) in [5, 5.41) is 18.1. The van der Waals surface area contributed by atoms with Crippen LogP contribution in [0, 0.1) is 0 Å². The average molecular weight is 188 g/mol. The molecule has 0 aromatic rings. The maximum atomic E-state index is 10.5. The van der Waals surface area contributed by atoms with Crippen LogP contribution < -0.4 is 0 Å². The van der Waals surface area contributed by atoms with Gasteiger partial charge >= 0.3 is 5.97 Å². The second kappa shape index (κ2) is 4.58. The third-order valence-electron chi connectivity index (χ3n) is 2.39. The van der Waals surface area contributed by atoms with Crippen molar-refractivity contribution < 1.29 is 19.7 Å². The molecule has 1 rings (SSSR count). The van der Waals surface area contributed by atoms with E-state index < -0.39 is 18.2 Å². The van der Waals surface area contributed by atoms with E-state index in [9.17, 15) is 9.90 Å². The zero-order valence-corrected chi connectivity index (χ0v) is 7.77. The normalized spacial score (nSPS) is 31.2. The van der Waals surface area contributed by atoms with Crippen LogP contribution >= 0.6 is 0 Å². The van der Waals surface area contributed by atoms with Crippen molar-refractivity contribution >= 4 is 5.97 Å². The molecule has 0 spiro atoms. The molecule has 0 amide bonds. The highest BCUT2D eigenvalue weighted by Crippen LogP contribution is 2.22. The van der Waals surface area contributed by atoms with E-state index in [1.54, 1.807) is 0 Å². The number of aliphatic hydroxyl groups is 1. The Balaban J connectivity index is 2.37. The Hall–Kier alpha value is -0.610. The van der Waals surface area contributed by atoms with Crippen molar-refractivity contribution in [2.75, 3.05) is 0 Å². The Morgan fingerprint density at radius 3 is 2.62 bits per heavy atom. The minimum Gasteiger partial charge on any atom is -0.479 e. The molecule has 4 nitrogen and oxygen atoms in total. The molecular formula is C9H16O4. The van der Waals surface area contributed by atoms with Crippen LogP contribution in [-0.4, -0.2) is 34.5 Å². The van der Waals surface area contributed by atoms with Crippen LogP contribution in [0.3, 0.4) is 0 Å². The lowest BCUT2D eigenvalue weighted by Gasteiger charge is -2.28. The van der Waals surface area contributed by atoms with E-state index in [4.69, 9.17) is 9.84 Å². The van der Waals surface area contributed by atoms with Gasteiger partial charge in [0.25, 0.3) is 0 Å². The topological polar surface area (TPSA) is 66.8 Å². The van der Waals surface area contributed by atoms with Gasteiger partial charge in [-0.3, -0.25) is 0 Å². The highest BCUT2D eigenvalue weighted by molar-refractivity contribution is 5.71. The standard InChI is InChI=1S/C9H16O4/c1-6(9(11)12)13-8-5-3-2-4-7(8)10/h6-8,10H,2-5H2,1H3,(H,11,12). The van der Waals surface area contributed by atoms with E-state index in [1.165, 1.54) is 6.92 Å². The first-order valence-electron chi connectivity index (χ1n) is 4.67. The summed E-state index contributed by atoms with van der Waals surface area (Å²) in [5.74, 6) is -0.974. The smallest absolute Gasteiger partial charge is 0.332 e. The lowest BCUT2D eigenvalue weighted by molar-refractivity contribution is -0.159. The fourth-order valence-electron chi connectivity index (χ4n) is 1.56. The largest absolute Gasteiger partial charge is 0.479 e. The summed E-state index contributed by atoms with van der Waals surface area (Å²) in [4.78, 5) is 10.5. The van der Waals surface area contributed by atoms with Crippen LogP contribution in [0.4, 0.5) is 0 Å². The molecule has 1 aliphatic rings. The molecule has 0 heterocycles. The van der Waals surface area contributed by atoms with Crippen LogP contribution in [0.2, 0.25) is 0 Å². The van der Waals surface area contributed by atoms with Gasteiger partial charge in [-0.2, -0.15) is 0 Å². The molecule has 1 aliphatic carbocycles. The summed E-state index contributed by atoms with van der Waals surface area (Å²) >= 11 is 0. The van der Waals surface area contributed by atoms with E-state index in [0.717, 1.165) is 25.7 Å². The number of hydrogen-bond acceptors (Lipinski definition) is 3. The van der Waals surface area contributed by atoms with Crippen LogP contribution in [0.1, 0.15) is 32.6 Å². The Morgan fingerprint density at radius 1 is 1.46 bits per heavy atom. The quantitative estimate of drug-likeness (QED) is 0.686. The van der Waals surface area contributed by atoms with Crippen LogP contribution in [0.25, 0.3) is 0 Å². The minimum atomic E-state index is -0.974. The molecule has 4 heteroatoms. The fourth-order valence-corrected chi connectivity index (χ4v) is 1.56. The SMILES string of the molecule is CC(OC1CCCCC1O)C(=O)O. The molecule has 3 unspecified atom stereocenters. The van der Waals surface area contributed by atoms with Gasteiger partial charge in [0.1, 0.15) is 0 Å². The first-order chi connectivity index (χ1) is 6.11. The van der Waals surface area contributed by atoms with Crippen molar-refractivity contribution in [2.24, 2.45) is 0 Å². The van der Waals surface area contributed by atoms with Gasteiger partial charge < -0.3 is 14.9 Å². The predicted molar refractivity (Wildman–Crippen MR) is 46.4 cm³/mol. The molecule has 0 saturated heterocycles. The second-order valence-corrected chi connectivity index (χ2v) is 3.51. The molecule has 2 N–H and O–H groups in total. The number of carbonyl (C=O) groups is 1. The van der Waals surface area contributed by atoms with Crippen molar-refractivity contribution in [3.63, 3.8) is 0 Å². The van der Waals surface area contributed by atoms with Gasteiger partial charge in [0.2, 0.25) is 0 Å². The predicted octanol–water partition coefficient (Wildman–Crippen LogP) is 0.780. The van der Waals surface area contributed by atoms with E-state index >= 15 is 0 Å². The maximum absolute atomic E-state index is 10.5. The van der Waals surface area contributed by atoms with E-state index in [1.807, 2.05) is 0 Å². The number of aliphatic hydroxyl groups excluding tert-OH is 1. The Labute approximate surface area is 77.5 Å². The molecule has 76 valence electrons. The highest BCUT2D eigenvalue weighted by atomic mass is 16.5. The molecule has 0 aliphatic heterocycles. The molecule has 0 aromatic heterocycles. The first-order valence-corrected chi connectivity index (χ1v) is 4.67. The van der Waals surface area contributed by atoms with Crippen molar-refractivity contribution in [1.82, 2.24) is 0 Å². The van der Waals surface area contributed by atoms with Gasteiger partial charge in [0, 0.05) is 0 Å². The Bertz CT molecular complexity index is 180. The van der Waals surface area contributed by atoms with E-state index in [0.29, 0.717) is 0 Å². The van der Waals surface area contributed by atoms with Gasteiger partial charge in [0.05, 0.1) is 12.2 Å². The zero-order valence-electron chi connectivity index (χ0n) is 7.77. The molecule has 0 aromatic carbocycles. The highest BCUT2D eigenvalue weighted by Gasteiger charge is 2.27. The number of ether oxygens (including phenoxy) is 1. The minimum absolute atomic E-state index is 0.292. The zero-order chi connectivity index (χ0) is 9.84. The molecule has 0 radical (unpaired) electrons. The maximum Gasteiger partial charge on any atom is 0.332 e. The third-order valence-corrected chi connectivity index (χ3v) is 2.39. The summed E-state index contributed by atoms with van der Waals surface area (Å²) in [5.41, 5.74) is 0. The van der Waals surface area contributed by atoms with Crippen molar-refractivity contribution in [3.8, 4) is 0 Å². The van der Waals surface area contributed by atoms with Gasteiger partial charge in [-0.25, -0.2) is 4.79 Å². The summed E-state index contributed by atoms with van der Waals surface area (Å²) in [6.45, 7) is 1.49. The lowest BCUT2D eigenvalue weighted by Crippen LogP contribution is -2.37. The third kappa shape index (κ3) is 2.97. The Morgan fingerprint density at radius 2 is 2.08 bits per heavy atom. The summed E-state index contributed by atoms with van der Waals surface area (Å²) < 4.78 is 5.22. The van der Waals surface area contributed by atoms with Gasteiger partial charge in [-0.15, -0.1) is 0 Å². The van der Waals surface area contributed by atoms with E-state index in [2.05, 4.69) is 0 Å². The monoisotopic (exact) mass is 188 g/mol. The number of rotatable bonds is 3. The number of aliphatic carboxylic acids is 1. The molecule has 3 atom stereocenters.